The summed E-state index contributed by atoms with van der Waals surface area (Å²) in [6.45, 7) is 12.0. The minimum absolute atomic E-state index is 0.124. The Morgan fingerprint density at radius 3 is 2.41 bits per heavy atom. The van der Waals surface area contributed by atoms with E-state index in [1.807, 2.05) is 6.07 Å². The lowest BCUT2D eigenvalue weighted by Crippen LogP contribution is -2.15. The topological polar surface area (TPSA) is 68.2 Å². The predicted octanol–water partition coefficient (Wildman–Crippen LogP) is 3.47. The van der Waals surface area contributed by atoms with E-state index < -0.39 is 5.97 Å². The first-order chi connectivity index (χ1) is 10.2. The molecule has 4 heteroatoms. The van der Waals surface area contributed by atoms with Crippen LogP contribution in [0.15, 0.2) is 12.1 Å². The van der Waals surface area contributed by atoms with Crippen LogP contribution in [0.2, 0.25) is 0 Å². The van der Waals surface area contributed by atoms with Crippen molar-refractivity contribution in [3.8, 4) is 0 Å². The molecule has 2 rings (SSSR count). The molecule has 3 N–H and O–H groups in total. The number of nitrogens with two attached hydrogens (primary N) is 1. The Balaban J connectivity index is 2.98. The largest absolute Gasteiger partial charge is 0.478 e. The molecule has 0 bridgehead atoms. The highest BCUT2D eigenvalue weighted by Gasteiger charge is 2.24. The second-order valence-corrected chi connectivity index (χ2v) is 6.82. The van der Waals surface area contributed by atoms with Crippen LogP contribution in [-0.2, 0) is 18.4 Å². The molecule has 1 heterocycles. The van der Waals surface area contributed by atoms with E-state index >= 15 is 0 Å². The molecular formula is C18H26N2O2. The van der Waals surface area contributed by atoms with Crippen molar-refractivity contribution in [2.24, 2.45) is 5.73 Å². The van der Waals surface area contributed by atoms with Crippen molar-refractivity contribution in [1.29, 1.82) is 0 Å². The number of rotatable bonds is 4. The molecule has 0 aliphatic carbocycles. The van der Waals surface area contributed by atoms with Crippen molar-refractivity contribution < 1.29 is 9.90 Å². The SMILES string of the molecule is CCn1c(C)c(CCN)c2cc(C(=O)O)cc(C(C)(C)C)c21. The van der Waals surface area contributed by atoms with E-state index in [0.717, 1.165) is 29.4 Å². The zero-order valence-electron chi connectivity index (χ0n) is 14.2. The molecule has 0 aliphatic rings. The molecule has 0 atom stereocenters. The Labute approximate surface area is 131 Å². The lowest BCUT2D eigenvalue weighted by molar-refractivity contribution is 0.0697. The number of carbonyl (C=O) groups is 1. The minimum atomic E-state index is -0.881. The van der Waals surface area contributed by atoms with Crippen LogP contribution in [0.3, 0.4) is 0 Å². The maximum Gasteiger partial charge on any atom is 0.335 e. The first-order valence-electron chi connectivity index (χ1n) is 7.81. The standard InChI is InChI=1S/C18H26N2O2/c1-6-20-11(2)13(7-8-19)14-9-12(17(21)22)10-15(16(14)20)18(3,4)5/h9-10H,6-8,19H2,1-5H3,(H,21,22). The van der Waals surface area contributed by atoms with Crippen molar-refractivity contribution in [1.82, 2.24) is 4.57 Å². The molecule has 0 unspecified atom stereocenters. The first-order valence-corrected chi connectivity index (χ1v) is 7.81. The van der Waals surface area contributed by atoms with Crippen molar-refractivity contribution in [2.75, 3.05) is 6.54 Å². The molecular weight excluding hydrogens is 276 g/mol. The zero-order chi connectivity index (χ0) is 16.7. The third-order valence-corrected chi connectivity index (χ3v) is 4.31. The van der Waals surface area contributed by atoms with Gasteiger partial charge in [0.15, 0.2) is 0 Å². The maximum absolute atomic E-state index is 11.5. The van der Waals surface area contributed by atoms with Crippen LogP contribution in [-0.4, -0.2) is 22.2 Å². The highest BCUT2D eigenvalue weighted by Crippen LogP contribution is 2.36. The molecule has 2 aromatic rings. The predicted molar refractivity (Wildman–Crippen MR) is 90.8 cm³/mol. The minimum Gasteiger partial charge on any atom is -0.478 e. The van der Waals surface area contributed by atoms with E-state index in [-0.39, 0.29) is 5.41 Å². The third kappa shape index (κ3) is 2.63. The lowest BCUT2D eigenvalue weighted by Gasteiger charge is -2.22. The van der Waals surface area contributed by atoms with Gasteiger partial charge in [-0.2, -0.15) is 0 Å². The first kappa shape index (κ1) is 16.6. The molecule has 120 valence electrons. The van der Waals surface area contributed by atoms with Gasteiger partial charge in [0.05, 0.1) is 11.1 Å². The Morgan fingerprint density at radius 1 is 1.32 bits per heavy atom. The van der Waals surface area contributed by atoms with Gasteiger partial charge in [0.1, 0.15) is 0 Å². The highest BCUT2D eigenvalue weighted by molar-refractivity contribution is 5.97. The molecule has 0 saturated carbocycles. The summed E-state index contributed by atoms with van der Waals surface area (Å²) in [5, 5.41) is 10.5. The van der Waals surface area contributed by atoms with Gasteiger partial charge in [-0.3, -0.25) is 0 Å². The van der Waals surface area contributed by atoms with Crippen molar-refractivity contribution in [2.45, 2.75) is 53.0 Å². The van der Waals surface area contributed by atoms with Crippen molar-refractivity contribution >= 4 is 16.9 Å². The Bertz CT molecular complexity index is 721. The van der Waals surface area contributed by atoms with Gasteiger partial charge in [-0.1, -0.05) is 20.8 Å². The summed E-state index contributed by atoms with van der Waals surface area (Å²) >= 11 is 0. The number of aromatic carboxylic acids is 1. The second-order valence-electron chi connectivity index (χ2n) is 6.82. The average Bonchev–Trinajstić information content (AvgIpc) is 2.69. The molecule has 22 heavy (non-hydrogen) atoms. The fraction of sp³-hybridized carbons (Fsp3) is 0.500. The Hall–Kier alpha value is -1.81. The summed E-state index contributed by atoms with van der Waals surface area (Å²) in [5.41, 5.74) is 10.6. The summed E-state index contributed by atoms with van der Waals surface area (Å²) in [5.74, 6) is -0.881. The summed E-state index contributed by atoms with van der Waals surface area (Å²) in [6.07, 6.45) is 0.766. The number of aromatic nitrogens is 1. The van der Waals surface area contributed by atoms with E-state index in [0.29, 0.717) is 12.1 Å². The molecule has 1 aromatic heterocycles. The van der Waals surface area contributed by atoms with Crippen LogP contribution in [0.4, 0.5) is 0 Å². The quantitative estimate of drug-likeness (QED) is 0.908. The van der Waals surface area contributed by atoms with E-state index in [1.165, 1.54) is 11.3 Å². The number of fused-ring (bicyclic) bond motifs is 1. The van der Waals surface area contributed by atoms with Crippen molar-refractivity contribution in [3.05, 3.63) is 34.5 Å². The summed E-state index contributed by atoms with van der Waals surface area (Å²) < 4.78 is 2.28. The molecule has 4 nitrogen and oxygen atoms in total. The molecule has 0 radical (unpaired) electrons. The van der Waals surface area contributed by atoms with Crippen LogP contribution in [0.1, 0.15) is 54.9 Å². The smallest absolute Gasteiger partial charge is 0.335 e. The van der Waals surface area contributed by atoms with Crippen LogP contribution < -0.4 is 5.73 Å². The van der Waals surface area contributed by atoms with E-state index in [1.54, 1.807) is 6.07 Å². The van der Waals surface area contributed by atoms with E-state index in [2.05, 4.69) is 39.2 Å². The number of benzene rings is 1. The van der Waals surface area contributed by atoms with Crippen LogP contribution >= 0.6 is 0 Å². The van der Waals surface area contributed by atoms with Gasteiger partial charge in [-0.15, -0.1) is 0 Å². The number of nitrogens with zero attached hydrogens (tertiary/aromatic N) is 1. The normalized spacial score (nSPS) is 12.1. The number of carboxylic acids is 1. The Kier molecular flexibility index (Phi) is 4.34. The van der Waals surface area contributed by atoms with Gasteiger partial charge >= 0.3 is 5.97 Å². The summed E-state index contributed by atoms with van der Waals surface area (Å²) in [7, 11) is 0. The molecule has 1 aromatic carbocycles. The van der Waals surface area contributed by atoms with E-state index in [4.69, 9.17) is 5.73 Å². The van der Waals surface area contributed by atoms with Crippen LogP contribution in [0, 0.1) is 6.92 Å². The fourth-order valence-electron chi connectivity index (χ4n) is 3.23. The average molecular weight is 302 g/mol. The monoisotopic (exact) mass is 302 g/mol. The third-order valence-electron chi connectivity index (χ3n) is 4.31. The molecule has 0 saturated heterocycles. The zero-order valence-corrected chi connectivity index (χ0v) is 14.2. The number of hydrogen-bond donors (Lipinski definition) is 2. The number of hydrogen-bond acceptors (Lipinski definition) is 2. The van der Waals surface area contributed by atoms with Gasteiger partial charge in [-0.25, -0.2) is 4.79 Å². The van der Waals surface area contributed by atoms with Crippen LogP contribution in [0.5, 0.6) is 0 Å². The maximum atomic E-state index is 11.5. The summed E-state index contributed by atoms with van der Waals surface area (Å²) in [6, 6.07) is 3.62. The highest BCUT2D eigenvalue weighted by atomic mass is 16.4. The van der Waals surface area contributed by atoms with Gasteiger partial charge in [0, 0.05) is 17.6 Å². The van der Waals surface area contributed by atoms with Gasteiger partial charge in [-0.05, 0) is 55.5 Å². The molecule has 0 amide bonds. The van der Waals surface area contributed by atoms with E-state index in [9.17, 15) is 9.90 Å². The number of aryl methyl sites for hydroxylation is 1. The van der Waals surface area contributed by atoms with Gasteiger partial charge < -0.3 is 15.4 Å². The Morgan fingerprint density at radius 2 is 1.95 bits per heavy atom. The van der Waals surface area contributed by atoms with Gasteiger partial charge in [0.2, 0.25) is 0 Å². The van der Waals surface area contributed by atoms with Crippen LogP contribution in [0.25, 0.3) is 10.9 Å². The fourth-order valence-corrected chi connectivity index (χ4v) is 3.23. The molecule has 0 fully saturated rings. The van der Waals surface area contributed by atoms with Crippen molar-refractivity contribution in [3.63, 3.8) is 0 Å². The molecule has 0 aliphatic heterocycles. The molecule has 0 spiro atoms. The van der Waals surface area contributed by atoms with Gasteiger partial charge in [0.25, 0.3) is 0 Å². The second kappa shape index (κ2) is 5.76. The lowest BCUT2D eigenvalue weighted by atomic mass is 9.84. The summed E-state index contributed by atoms with van der Waals surface area (Å²) in [4.78, 5) is 11.5. The number of carboxylic acid groups (broad SMARTS) is 1.